The fraction of sp³-hybridized carbons (Fsp3) is 0.405. The average Bonchev–Trinajstić information content (AvgIpc) is 3.17. The molecule has 1 aliphatic carbocycles. The van der Waals surface area contributed by atoms with Crippen LogP contribution in [-0.2, 0) is 33.7 Å². The molecule has 51 heavy (non-hydrogen) atoms. The Morgan fingerprint density at radius 2 is 1.73 bits per heavy atom. The largest absolute Gasteiger partial charge is 0.493 e. The van der Waals surface area contributed by atoms with Gasteiger partial charge in [-0.1, -0.05) is 55.7 Å². The highest BCUT2D eigenvalue weighted by Crippen LogP contribution is 2.40. The van der Waals surface area contributed by atoms with Crippen molar-refractivity contribution in [2.24, 2.45) is 5.92 Å². The van der Waals surface area contributed by atoms with Gasteiger partial charge in [0, 0.05) is 24.9 Å². The van der Waals surface area contributed by atoms with Gasteiger partial charge in [-0.25, -0.2) is 4.79 Å². The van der Waals surface area contributed by atoms with Crippen LogP contribution in [0.2, 0.25) is 0 Å². The van der Waals surface area contributed by atoms with E-state index >= 15 is 0 Å². The number of methoxy groups -OCH3 is 1. The normalized spacial score (nSPS) is 19.0. The number of fused-ring (bicyclic) bond motifs is 2. The lowest BCUT2D eigenvalue weighted by Gasteiger charge is -2.31. The number of rotatable bonds is 10. The lowest BCUT2D eigenvalue weighted by Crippen LogP contribution is -2.53. The molecule has 0 spiro atoms. The minimum absolute atomic E-state index is 0.228. The van der Waals surface area contributed by atoms with E-state index in [0.29, 0.717) is 43.4 Å². The van der Waals surface area contributed by atoms with Gasteiger partial charge in [-0.15, -0.1) is 0 Å². The van der Waals surface area contributed by atoms with Crippen molar-refractivity contribution in [3.8, 4) is 28.4 Å². The number of amides is 1. The standard InChI is InChI=1S/C42H47N3O6/c1-26-27(2)43-18-17-35(26)30-11-9-28(10-12-30)19-37(42(47)48-3)45-41(46)36-20-32-21-38-39(22-33(32)23-44-36)51-40(25-50-38)31-13-15-34(16-14-31)49-24-29-7-5-4-6-8-29/h9-18,21-22,29,36-37,40,44H,4-8,19-20,23-25H2,1-3H3,(H,45,46)/t36-,37?,40+/m0/s1. The molecule has 1 amide bonds. The Hall–Kier alpha value is -4.89. The molecule has 3 aliphatic rings. The summed E-state index contributed by atoms with van der Waals surface area (Å²) < 4.78 is 23.8. The zero-order valence-electron chi connectivity index (χ0n) is 29.7. The van der Waals surface area contributed by atoms with E-state index in [9.17, 15) is 9.59 Å². The first-order valence-electron chi connectivity index (χ1n) is 18.2. The van der Waals surface area contributed by atoms with Gasteiger partial charge in [0.15, 0.2) is 17.6 Å². The van der Waals surface area contributed by atoms with Gasteiger partial charge in [0.25, 0.3) is 0 Å². The predicted molar refractivity (Wildman–Crippen MR) is 195 cm³/mol. The molecule has 3 aromatic carbocycles. The summed E-state index contributed by atoms with van der Waals surface area (Å²) in [6.45, 7) is 5.72. The number of aromatic nitrogens is 1. The van der Waals surface area contributed by atoms with Crippen LogP contribution in [0, 0.1) is 19.8 Å². The number of carbonyl (C=O) groups is 2. The van der Waals surface area contributed by atoms with Gasteiger partial charge < -0.3 is 29.6 Å². The van der Waals surface area contributed by atoms with Gasteiger partial charge in [0.2, 0.25) is 5.91 Å². The molecular weight excluding hydrogens is 642 g/mol. The summed E-state index contributed by atoms with van der Waals surface area (Å²) in [6, 6.07) is 20.8. The number of carbonyl (C=O) groups excluding carboxylic acids is 2. The van der Waals surface area contributed by atoms with Gasteiger partial charge in [-0.2, -0.15) is 0 Å². The highest BCUT2D eigenvalue weighted by molar-refractivity contribution is 5.88. The van der Waals surface area contributed by atoms with Crippen LogP contribution in [0.1, 0.15) is 71.7 Å². The Morgan fingerprint density at radius 1 is 0.961 bits per heavy atom. The number of hydrogen-bond donors (Lipinski definition) is 2. The van der Waals surface area contributed by atoms with Crippen molar-refractivity contribution in [1.82, 2.24) is 15.6 Å². The number of esters is 1. The summed E-state index contributed by atoms with van der Waals surface area (Å²) in [7, 11) is 1.34. The van der Waals surface area contributed by atoms with Crippen LogP contribution in [0.4, 0.5) is 0 Å². The molecular formula is C42H47N3O6. The number of aryl methyl sites for hydroxylation is 1. The highest BCUT2D eigenvalue weighted by Gasteiger charge is 2.31. The van der Waals surface area contributed by atoms with Crippen LogP contribution in [0.3, 0.4) is 0 Å². The molecule has 2 aliphatic heterocycles. The lowest BCUT2D eigenvalue weighted by molar-refractivity contribution is -0.145. The maximum absolute atomic E-state index is 13.5. The molecule has 1 saturated carbocycles. The van der Waals surface area contributed by atoms with Crippen LogP contribution in [0.5, 0.6) is 17.2 Å². The third kappa shape index (κ3) is 8.04. The van der Waals surface area contributed by atoms with E-state index in [0.717, 1.165) is 57.0 Å². The maximum atomic E-state index is 13.5. The van der Waals surface area contributed by atoms with Gasteiger partial charge in [0.05, 0.1) is 19.8 Å². The molecule has 3 atom stereocenters. The Morgan fingerprint density at radius 3 is 2.49 bits per heavy atom. The minimum atomic E-state index is -0.823. The fourth-order valence-electron chi connectivity index (χ4n) is 7.39. The molecule has 0 bridgehead atoms. The van der Waals surface area contributed by atoms with Crippen molar-refractivity contribution < 1.29 is 28.5 Å². The predicted octanol–water partition coefficient (Wildman–Crippen LogP) is 6.75. The lowest BCUT2D eigenvalue weighted by atomic mass is 9.90. The van der Waals surface area contributed by atoms with Crippen molar-refractivity contribution in [3.63, 3.8) is 0 Å². The second kappa shape index (κ2) is 15.6. The summed E-state index contributed by atoms with van der Waals surface area (Å²) in [4.78, 5) is 30.7. The zero-order valence-corrected chi connectivity index (χ0v) is 29.7. The first-order valence-corrected chi connectivity index (χ1v) is 18.2. The second-order valence-corrected chi connectivity index (χ2v) is 14.1. The molecule has 4 aromatic rings. The van der Waals surface area contributed by atoms with Crippen molar-refractivity contribution in [3.05, 3.63) is 106 Å². The van der Waals surface area contributed by atoms with Gasteiger partial charge >= 0.3 is 5.97 Å². The van der Waals surface area contributed by atoms with E-state index in [1.807, 2.05) is 67.7 Å². The van der Waals surface area contributed by atoms with Crippen LogP contribution in [0.15, 0.2) is 72.9 Å². The summed E-state index contributed by atoms with van der Waals surface area (Å²) in [5, 5.41) is 6.29. The van der Waals surface area contributed by atoms with Gasteiger partial charge in [0.1, 0.15) is 18.4 Å². The van der Waals surface area contributed by atoms with Crippen molar-refractivity contribution >= 4 is 11.9 Å². The monoisotopic (exact) mass is 689 g/mol. The summed E-state index contributed by atoms with van der Waals surface area (Å²) in [5.41, 5.74) is 8.33. The summed E-state index contributed by atoms with van der Waals surface area (Å²) in [6.07, 6.45) is 8.84. The smallest absolute Gasteiger partial charge is 0.328 e. The number of benzene rings is 3. The molecule has 2 N–H and O–H groups in total. The highest BCUT2D eigenvalue weighted by atomic mass is 16.6. The third-order valence-electron chi connectivity index (χ3n) is 10.6. The maximum Gasteiger partial charge on any atom is 0.328 e. The number of ether oxygens (including phenoxy) is 4. The number of nitrogens with one attached hydrogen (secondary N) is 2. The second-order valence-electron chi connectivity index (χ2n) is 14.1. The molecule has 9 nitrogen and oxygen atoms in total. The molecule has 266 valence electrons. The molecule has 7 rings (SSSR count). The third-order valence-corrected chi connectivity index (χ3v) is 10.6. The quantitative estimate of drug-likeness (QED) is 0.176. The van der Waals surface area contributed by atoms with Gasteiger partial charge in [-0.3, -0.25) is 9.78 Å². The van der Waals surface area contributed by atoms with Crippen molar-refractivity contribution in [2.75, 3.05) is 20.3 Å². The van der Waals surface area contributed by atoms with E-state index < -0.39 is 18.1 Å². The summed E-state index contributed by atoms with van der Waals surface area (Å²) >= 11 is 0. The molecule has 0 saturated heterocycles. The molecule has 1 fully saturated rings. The van der Waals surface area contributed by atoms with Gasteiger partial charge in [-0.05, 0) is 108 Å². The number of pyridine rings is 1. The Balaban J connectivity index is 0.954. The van der Waals surface area contributed by atoms with Crippen LogP contribution in [-0.4, -0.2) is 49.3 Å². The SMILES string of the molecule is COC(=O)C(Cc1ccc(-c2ccnc(C)c2C)cc1)NC(=O)[C@@H]1Cc2cc3c(cc2CN1)O[C@@H](c1ccc(OCC2CCCCC2)cc1)CO3. The summed E-state index contributed by atoms with van der Waals surface area (Å²) in [5.74, 6) is 2.18. The van der Waals surface area contributed by atoms with E-state index in [2.05, 4.69) is 34.7 Å². The van der Waals surface area contributed by atoms with Crippen LogP contribution >= 0.6 is 0 Å². The topological polar surface area (TPSA) is 108 Å². The molecule has 1 unspecified atom stereocenters. The van der Waals surface area contributed by atoms with E-state index in [4.69, 9.17) is 18.9 Å². The van der Waals surface area contributed by atoms with Crippen LogP contribution in [0.25, 0.3) is 11.1 Å². The van der Waals surface area contributed by atoms with E-state index in [1.165, 1.54) is 39.2 Å². The Labute approximate surface area is 300 Å². The number of nitrogens with zero attached hydrogens (tertiary/aromatic N) is 1. The minimum Gasteiger partial charge on any atom is -0.493 e. The molecule has 3 heterocycles. The molecule has 0 radical (unpaired) electrons. The zero-order chi connectivity index (χ0) is 35.3. The van der Waals surface area contributed by atoms with Crippen LogP contribution < -0.4 is 24.8 Å². The first-order chi connectivity index (χ1) is 24.8. The fourth-order valence-corrected chi connectivity index (χ4v) is 7.39. The molecule has 9 heteroatoms. The van der Waals surface area contributed by atoms with E-state index in [-0.39, 0.29) is 12.0 Å². The average molecular weight is 690 g/mol. The molecule has 1 aromatic heterocycles. The first kappa shape index (κ1) is 34.6. The number of hydrogen-bond acceptors (Lipinski definition) is 8. The van der Waals surface area contributed by atoms with E-state index in [1.54, 1.807) is 0 Å². The Bertz CT molecular complexity index is 1850. The van der Waals surface area contributed by atoms with Crippen molar-refractivity contribution in [2.45, 2.75) is 83.5 Å². The van der Waals surface area contributed by atoms with Crippen molar-refractivity contribution in [1.29, 1.82) is 0 Å². The Kier molecular flexibility index (Phi) is 10.5.